The molecule has 0 radical (unpaired) electrons. The van der Waals surface area contributed by atoms with E-state index in [9.17, 15) is 0 Å². The molecule has 0 N–H and O–H groups in total. The van der Waals surface area contributed by atoms with Crippen LogP contribution < -0.4 is 0 Å². The normalized spacial score (nSPS) is 12.4. The Morgan fingerprint density at radius 2 is 0.947 bits per heavy atom. The number of nitrogens with zero attached hydrogens (tertiary/aromatic N) is 4. The summed E-state index contributed by atoms with van der Waals surface area (Å²) in [6.07, 6.45) is 1.81. The lowest BCUT2D eigenvalue weighted by Crippen LogP contribution is -2.01. The van der Waals surface area contributed by atoms with Crippen molar-refractivity contribution in [2.75, 3.05) is 0 Å². The Morgan fingerprint density at radius 1 is 0.333 bits per heavy atom. The molecule has 0 atom stereocenters. The maximum absolute atomic E-state index is 5.29. The largest absolute Gasteiger partial charge is 0.309 e. The fourth-order valence-corrected chi connectivity index (χ4v) is 9.21. The number of hydrogen-bond acceptors (Lipinski definition) is 3. The van der Waals surface area contributed by atoms with Crippen LogP contribution in [-0.2, 0) is 12.8 Å². The number of para-hydroxylation sites is 1. The highest BCUT2D eigenvalue weighted by molar-refractivity contribution is 6.10. The summed E-state index contributed by atoms with van der Waals surface area (Å²) < 4.78 is 2.42. The number of aromatic nitrogens is 4. The lowest BCUT2D eigenvalue weighted by molar-refractivity contribution is 1.07. The highest BCUT2D eigenvalue weighted by Gasteiger charge is 2.26. The van der Waals surface area contributed by atoms with Gasteiger partial charge < -0.3 is 4.57 Å². The monoisotopic (exact) mass is 726 g/mol. The van der Waals surface area contributed by atoms with Gasteiger partial charge in [-0.1, -0.05) is 146 Å². The van der Waals surface area contributed by atoms with Crippen LogP contribution >= 0.6 is 0 Å². The van der Waals surface area contributed by atoms with Crippen molar-refractivity contribution in [2.24, 2.45) is 0 Å². The van der Waals surface area contributed by atoms with Crippen LogP contribution in [0.4, 0.5) is 0 Å². The molecule has 12 rings (SSSR count). The Labute approximate surface area is 330 Å². The summed E-state index contributed by atoms with van der Waals surface area (Å²) in [7, 11) is 0. The van der Waals surface area contributed by atoms with E-state index in [-0.39, 0.29) is 0 Å². The smallest absolute Gasteiger partial charge is 0.164 e. The Balaban J connectivity index is 1.02. The summed E-state index contributed by atoms with van der Waals surface area (Å²) >= 11 is 0. The SMILES string of the molecule is c1ccc(-c2ccc3c(c2)c2ccccc2n3-c2ccc3c(c2)-c2c(cccc2-c2nc(-c4ccccc4)nc(-c4ccc5c(c4)-c4ccccc4C5)n2)C3)cc1. The van der Waals surface area contributed by atoms with E-state index < -0.39 is 0 Å². The molecule has 0 spiro atoms. The van der Waals surface area contributed by atoms with Crippen molar-refractivity contribution in [1.82, 2.24) is 19.5 Å². The van der Waals surface area contributed by atoms with Crippen molar-refractivity contribution in [1.29, 1.82) is 0 Å². The van der Waals surface area contributed by atoms with E-state index in [0.29, 0.717) is 17.5 Å². The van der Waals surface area contributed by atoms with Gasteiger partial charge in [0.2, 0.25) is 0 Å². The molecule has 0 amide bonds. The molecule has 0 fully saturated rings. The third-order valence-electron chi connectivity index (χ3n) is 11.9. The summed E-state index contributed by atoms with van der Waals surface area (Å²) in [5, 5.41) is 2.49. The molecule has 0 aliphatic heterocycles. The Hall–Kier alpha value is -7.43. The van der Waals surface area contributed by atoms with E-state index in [1.54, 1.807) is 0 Å². The van der Waals surface area contributed by atoms with Gasteiger partial charge in [0.15, 0.2) is 17.5 Å². The third-order valence-corrected chi connectivity index (χ3v) is 11.9. The standard InChI is InChI=1S/C53H34N4/c1-3-12-33(13-4-1)35-25-27-49-47(30-35)43-19-9-10-21-48(43)57(49)41-26-24-38-29-39-17-11-20-44(50(39)46(38)32-41)53-55-51(34-14-5-2-6-15-34)54-52(56-53)40-23-22-37-28-36-16-7-8-18-42(36)45(37)31-40/h1-27,30-32H,28-29H2. The molecule has 0 unspecified atom stereocenters. The minimum Gasteiger partial charge on any atom is -0.309 e. The summed E-state index contributed by atoms with van der Waals surface area (Å²) in [5.74, 6) is 2.03. The predicted octanol–water partition coefficient (Wildman–Crippen LogP) is 12.8. The van der Waals surface area contributed by atoms with Crippen LogP contribution in [-0.4, -0.2) is 19.5 Å². The van der Waals surface area contributed by atoms with Gasteiger partial charge in [-0.25, -0.2) is 15.0 Å². The Morgan fingerprint density at radius 3 is 1.82 bits per heavy atom. The molecule has 4 heteroatoms. The second kappa shape index (κ2) is 12.6. The first kappa shape index (κ1) is 31.9. The lowest BCUT2D eigenvalue weighted by atomic mass is 9.98. The molecule has 0 saturated carbocycles. The third kappa shape index (κ3) is 5.11. The first-order chi connectivity index (χ1) is 28.2. The summed E-state index contributed by atoms with van der Waals surface area (Å²) in [6, 6.07) is 65.4. The summed E-state index contributed by atoms with van der Waals surface area (Å²) in [6.45, 7) is 0. The van der Waals surface area contributed by atoms with E-state index in [4.69, 9.17) is 15.0 Å². The molecule has 57 heavy (non-hydrogen) atoms. The van der Waals surface area contributed by atoms with Gasteiger partial charge in [0.1, 0.15) is 0 Å². The molecule has 266 valence electrons. The molecule has 0 bridgehead atoms. The zero-order valence-corrected chi connectivity index (χ0v) is 31.0. The second-order valence-electron chi connectivity index (χ2n) is 15.2. The fourth-order valence-electron chi connectivity index (χ4n) is 9.21. The number of benzene rings is 8. The van der Waals surface area contributed by atoms with Gasteiger partial charge in [-0.3, -0.25) is 0 Å². The Kier molecular flexibility index (Phi) is 7.02. The molecule has 0 saturated heterocycles. The first-order valence-electron chi connectivity index (χ1n) is 19.6. The average molecular weight is 727 g/mol. The van der Waals surface area contributed by atoms with E-state index in [0.717, 1.165) is 35.2 Å². The minimum absolute atomic E-state index is 0.668. The van der Waals surface area contributed by atoms with E-state index in [2.05, 4.69) is 168 Å². The van der Waals surface area contributed by atoms with Gasteiger partial charge in [-0.05, 0) is 105 Å². The van der Waals surface area contributed by atoms with Crippen molar-refractivity contribution < 1.29 is 0 Å². The van der Waals surface area contributed by atoms with Crippen LogP contribution in [0.3, 0.4) is 0 Å². The molecule has 2 aliphatic rings. The molecule has 4 nitrogen and oxygen atoms in total. The van der Waals surface area contributed by atoms with E-state index in [1.807, 2.05) is 18.2 Å². The number of rotatable bonds is 5. The topological polar surface area (TPSA) is 43.6 Å². The average Bonchev–Trinajstić information content (AvgIpc) is 3.95. The van der Waals surface area contributed by atoms with Crippen molar-refractivity contribution in [3.05, 3.63) is 204 Å². The molecule has 2 aliphatic carbocycles. The highest BCUT2D eigenvalue weighted by atomic mass is 15.0. The fraction of sp³-hybridized carbons (Fsp3) is 0.0377. The van der Waals surface area contributed by atoms with Gasteiger partial charge in [0, 0.05) is 33.2 Å². The van der Waals surface area contributed by atoms with Gasteiger partial charge in [0.05, 0.1) is 11.0 Å². The lowest BCUT2D eigenvalue weighted by Gasteiger charge is -2.14. The van der Waals surface area contributed by atoms with Gasteiger partial charge >= 0.3 is 0 Å². The van der Waals surface area contributed by atoms with Gasteiger partial charge in [0.25, 0.3) is 0 Å². The molecule has 10 aromatic rings. The molecule has 8 aromatic carbocycles. The maximum atomic E-state index is 5.29. The molecule has 2 heterocycles. The first-order valence-corrected chi connectivity index (χ1v) is 19.6. The quantitative estimate of drug-likeness (QED) is 0.177. The highest BCUT2D eigenvalue weighted by Crippen LogP contribution is 2.45. The maximum Gasteiger partial charge on any atom is 0.164 e. The van der Waals surface area contributed by atoms with Crippen molar-refractivity contribution in [3.63, 3.8) is 0 Å². The summed E-state index contributed by atoms with van der Waals surface area (Å²) in [4.78, 5) is 15.6. The van der Waals surface area contributed by atoms with Gasteiger partial charge in [-0.2, -0.15) is 0 Å². The minimum atomic E-state index is 0.668. The van der Waals surface area contributed by atoms with Crippen LogP contribution in [0.1, 0.15) is 22.3 Å². The molecule has 2 aromatic heterocycles. The second-order valence-corrected chi connectivity index (χ2v) is 15.2. The molecular formula is C53H34N4. The number of hydrogen-bond donors (Lipinski definition) is 0. The van der Waals surface area contributed by atoms with Crippen molar-refractivity contribution >= 4 is 21.8 Å². The zero-order valence-electron chi connectivity index (χ0n) is 31.0. The Bertz CT molecular complexity index is 3230. The molecular weight excluding hydrogens is 693 g/mol. The van der Waals surface area contributed by atoms with Crippen LogP contribution in [0.5, 0.6) is 0 Å². The van der Waals surface area contributed by atoms with Crippen molar-refractivity contribution in [2.45, 2.75) is 12.8 Å². The predicted molar refractivity (Wildman–Crippen MR) is 232 cm³/mol. The van der Waals surface area contributed by atoms with E-state index in [1.165, 1.54) is 77.4 Å². The van der Waals surface area contributed by atoms with Crippen LogP contribution in [0.2, 0.25) is 0 Å². The van der Waals surface area contributed by atoms with E-state index >= 15 is 0 Å². The number of fused-ring (bicyclic) bond motifs is 9. The van der Waals surface area contributed by atoms with Crippen LogP contribution in [0.15, 0.2) is 182 Å². The van der Waals surface area contributed by atoms with Gasteiger partial charge in [-0.15, -0.1) is 0 Å². The van der Waals surface area contributed by atoms with Crippen LogP contribution in [0.25, 0.3) is 95.0 Å². The summed E-state index contributed by atoms with van der Waals surface area (Å²) in [5.41, 5.74) is 19.2. The van der Waals surface area contributed by atoms with Crippen molar-refractivity contribution in [3.8, 4) is 73.2 Å². The zero-order chi connectivity index (χ0) is 37.5. The van der Waals surface area contributed by atoms with Crippen LogP contribution in [0, 0.1) is 0 Å².